The first-order valence-electron chi connectivity index (χ1n) is 5.94. The molecule has 0 saturated heterocycles. The summed E-state index contributed by atoms with van der Waals surface area (Å²) in [6, 6.07) is 1.49. The zero-order chi connectivity index (χ0) is 19.4. The molecule has 2 aromatic rings. The van der Waals surface area contributed by atoms with Crippen LogP contribution in [0.5, 0.6) is 0 Å². The van der Waals surface area contributed by atoms with Gasteiger partial charge < -0.3 is 5.43 Å². The third kappa shape index (κ3) is 6.38. The Kier molecular flexibility index (Phi) is 7.12. The van der Waals surface area contributed by atoms with E-state index >= 15 is 0 Å². The molecule has 0 aliphatic rings. The van der Waals surface area contributed by atoms with E-state index in [0.717, 1.165) is 12.1 Å². The first kappa shape index (κ1) is 21.6. The molecule has 0 aromatic carbocycles. The van der Waals surface area contributed by atoms with Crippen LogP contribution in [0.25, 0.3) is 0 Å². The Labute approximate surface area is 151 Å². The van der Waals surface area contributed by atoms with Crippen LogP contribution in [0.4, 0.5) is 32.2 Å². The third-order valence-electron chi connectivity index (χ3n) is 2.43. The van der Waals surface area contributed by atoms with Crippen LogP contribution in [-0.4, -0.2) is 9.97 Å². The van der Waals surface area contributed by atoms with Crippen molar-refractivity contribution in [1.29, 1.82) is 0 Å². The maximum absolute atomic E-state index is 12.1. The SMILES string of the molecule is FC(F)(F)c1cnc(Cl)c(Cl)c1.NNc1ncc(C(F)(F)F)cc1Cl. The number of hydrogen-bond donors (Lipinski definition) is 2. The van der Waals surface area contributed by atoms with Crippen molar-refractivity contribution >= 4 is 40.6 Å². The molecule has 2 rings (SSSR count). The van der Waals surface area contributed by atoms with E-state index in [9.17, 15) is 26.3 Å². The van der Waals surface area contributed by atoms with Gasteiger partial charge >= 0.3 is 12.4 Å². The largest absolute Gasteiger partial charge is 0.417 e. The van der Waals surface area contributed by atoms with Gasteiger partial charge in [-0.05, 0) is 12.1 Å². The fraction of sp³-hybridized carbons (Fsp3) is 0.167. The molecule has 0 atom stereocenters. The van der Waals surface area contributed by atoms with Crippen molar-refractivity contribution in [2.75, 3.05) is 5.43 Å². The van der Waals surface area contributed by atoms with Crippen LogP contribution < -0.4 is 11.3 Å². The average molecular weight is 428 g/mol. The van der Waals surface area contributed by atoms with Crippen LogP contribution in [-0.2, 0) is 12.4 Å². The molecule has 0 spiro atoms. The highest BCUT2D eigenvalue weighted by molar-refractivity contribution is 6.41. The summed E-state index contributed by atoms with van der Waals surface area (Å²) < 4.78 is 72.0. The lowest BCUT2D eigenvalue weighted by Gasteiger charge is -2.07. The lowest BCUT2D eigenvalue weighted by atomic mass is 10.3. The number of alkyl halides is 6. The molecule has 138 valence electrons. The van der Waals surface area contributed by atoms with Gasteiger partial charge in [-0.2, -0.15) is 26.3 Å². The highest BCUT2D eigenvalue weighted by atomic mass is 35.5. The topological polar surface area (TPSA) is 63.8 Å². The zero-order valence-electron chi connectivity index (χ0n) is 11.7. The molecule has 4 nitrogen and oxygen atoms in total. The van der Waals surface area contributed by atoms with Crippen LogP contribution in [0.15, 0.2) is 24.5 Å². The molecule has 0 unspecified atom stereocenters. The number of anilines is 1. The molecule has 0 radical (unpaired) electrons. The molecule has 2 aromatic heterocycles. The van der Waals surface area contributed by atoms with E-state index in [2.05, 4.69) is 15.4 Å². The maximum Gasteiger partial charge on any atom is 0.417 e. The summed E-state index contributed by atoms with van der Waals surface area (Å²) in [5.74, 6) is 4.94. The Hall–Kier alpha value is -1.49. The summed E-state index contributed by atoms with van der Waals surface area (Å²) in [7, 11) is 0. The lowest BCUT2D eigenvalue weighted by Crippen LogP contribution is -2.11. The maximum atomic E-state index is 12.1. The van der Waals surface area contributed by atoms with Crippen LogP contribution in [0.2, 0.25) is 15.2 Å². The Bertz CT molecular complexity index is 736. The summed E-state index contributed by atoms with van der Waals surface area (Å²) in [4.78, 5) is 6.63. The third-order valence-corrected chi connectivity index (χ3v) is 3.40. The molecule has 13 heteroatoms. The summed E-state index contributed by atoms with van der Waals surface area (Å²) >= 11 is 16.1. The molecule has 0 fully saturated rings. The number of halogens is 9. The molecule has 2 heterocycles. The van der Waals surface area contributed by atoms with Gasteiger partial charge in [-0.15, -0.1) is 0 Å². The standard InChI is InChI=1S/C6H2Cl2F3N.C6H5ClF3N3/c7-4-1-3(6(9,10)11)2-12-5(4)8;7-4-1-3(6(8,9)10)2-12-5(4)13-11/h1-2H;1-2H,11H2,(H,12,13). The van der Waals surface area contributed by atoms with Crippen molar-refractivity contribution in [1.82, 2.24) is 9.97 Å². The van der Waals surface area contributed by atoms with E-state index in [1.165, 1.54) is 0 Å². The van der Waals surface area contributed by atoms with Crippen molar-refractivity contribution in [3.8, 4) is 0 Å². The van der Waals surface area contributed by atoms with Gasteiger partial charge in [0.25, 0.3) is 0 Å². The van der Waals surface area contributed by atoms with Gasteiger partial charge in [0.05, 0.1) is 21.2 Å². The molecular weight excluding hydrogens is 421 g/mol. The Balaban J connectivity index is 0.000000251. The zero-order valence-corrected chi connectivity index (χ0v) is 14.0. The van der Waals surface area contributed by atoms with E-state index in [-0.39, 0.29) is 21.0 Å². The van der Waals surface area contributed by atoms with E-state index < -0.39 is 23.5 Å². The van der Waals surface area contributed by atoms with E-state index in [1.54, 1.807) is 0 Å². The quantitative estimate of drug-likeness (QED) is 0.275. The van der Waals surface area contributed by atoms with Crippen molar-refractivity contribution in [3.63, 3.8) is 0 Å². The first-order chi connectivity index (χ1) is 11.4. The predicted octanol–water partition coefficient (Wildman–Crippen LogP) is 5.45. The number of nitrogens with two attached hydrogens (primary N) is 1. The fourth-order valence-electron chi connectivity index (χ4n) is 1.28. The van der Waals surface area contributed by atoms with Crippen molar-refractivity contribution < 1.29 is 26.3 Å². The van der Waals surface area contributed by atoms with Crippen molar-refractivity contribution in [3.05, 3.63) is 50.9 Å². The normalized spacial score (nSPS) is 11.6. The molecule has 0 amide bonds. The molecule has 0 saturated carbocycles. The van der Waals surface area contributed by atoms with E-state index in [4.69, 9.17) is 40.6 Å². The van der Waals surface area contributed by atoms with Crippen LogP contribution in [0.1, 0.15) is 11.1 Å². The molecule has 0 aliphatic carbocycles. The fourth-order valence-corrected chi connectivity index (χ4v) is 1.77. The lowest BCUT2D eigenvalue weighted by molar-refractivity contribution is -0.138. The number of hydrazine groups is 1. The number of pyridine rings is 2. The monoisotopic (exact) mass is 426 g/mol. The molecule has 3 N–H and O–H groups in total. The first-order valence-corrected chi connectivity index (χ1v) is 7.07. The van der Waals surface area contributed by atoms with Crippen LogP contribution in [0, 0.1) is 0 Å². The highest BCUT2D eigenvalue weighted by Crippen LogP contribution is 2.32. The predicted molar refractivity (Wildman–Crippen MR) is 81.3 cm³/mol. The Morgan fingerprint density at radius 1 is 0.800 bits per heavy atom. The number of nitrogens with zero attached hydrogens (tertiary/aromatic N) is 2. The smallest absolute Gasteiger partial charge is 0.307 e. The minimum atomic E-state index is -4.44. The molecule has 0 bridgehead atoms. The Morgan fingerprint density at radius 3 is 1.60 bits per heavy atom. The van der Waals surface area contributed by atoms with Gasteiger partial charge in [-0.1, -0.05) is 34.8 Å². The summed E-state index contributed by atoms with van der Waals surface area (Å²) in [5.41, 5.74) is 0.252. The molecule has 0 aliphatic heterocycles. The number of hydrogen-bond acceptors (Lipinski definition) is 4. The molecular formula is C12H7Cl3F6N4. The second-order valence-electron chi connectivity index (χ2n) is 4.19. The summed E-state index contributed by atoms with van der Waals surface area (Å²) in [6.07, 6.45) is -7.58. The summed E-state index contributed by atoms with van der Waals surface area (Å²) in [5, 5.41) is -0.506. The van der Waals surface area contributed by atoms with Gasteiger partial charge in [0, 0.05) is 12.4 Å². The van der Waals surface area contributed by atoms with Gasteiger partial charge in [0.1, 0.15) is 5.15 Å². The van der Waals surface area contributed by atoms with Crippen molar-refractivity contribution in [2.45, 2.75) is 12.4 Å². The van der Waals surface area contributed by atoms with Crippen molar-refractivity contribution in [2.24, 2.45) is 5.84 Å². The summed E-state index contributed by atoms with van der Waals surface area (Å²) in [6.45, 7) is 0. The number of rotatable bonds is 1. The molecule has 25 heavy (non-hydrogen) atoms. The minimum Gasteiger partial charge on any atom is -0.307 e. The Morgan fingerprint density at radius 2 is 1.24 bits per heavy atom. The minimum absolute atomic E-state index is 0.00895. The van der Waals surface area contributed by atoms with Gasteiger partial charge in [-0.3, -0.25) is 0 Å². The average Bonchev–Trinajstić information content (AvgIpc) is 2.48. The number of nitrogen functional groups attached to an aromatic ring is 1. The van der Waals surface area contributed by atoms with E-state index in [0.29, 0.717) is 12.4 Å². The van der Waals surface area contributed by atoms with Crippen LogP contribution >= 0.6 is 34.8 Å². The van der Waals surface area contributed by atoms with Gasteiger partial charge in [-0.25, -0.2) is 15.8 Å². The number of aromatic nitrogens is 2. The van der Waals surface area contributed by atoms with E-state index in [1.807, 2.05) is 0 Å². The second kappa shape index (κ2) is 8.26. The highest BCUT2D eigenvalue weighted by Gasteiger charge is 2.32. The van der Waals surface area contributed by atoms with Crippen LogP contribution in [0.3, 0.4) is 0 Å². The number of nitrogens with one attached hydrogen (secondary N) is 1. The second-order valence-corrected chi connectivity index (χ2v) is 5.36. The van der Waals surface area contributed by atoms with Gasteiger partial charge in [0.2, 0.25) is 0 Å². The van der Waals surface area contributed by atoms with Gasteiger partial charge in [0.15, 0.2) is 5.82 Å².